The smallest absolute Gasteiger partial charge is 0.379 e. The van der Waals surface area contributed by atoms with Crippen molar-refractivity contribution in [1.29, 1.82) is 0 Å². The quantitative estimate of drug-likeness (QED) is 0.756. The number of alkyl halides is 3. The highest BCUT2D eigenvalue weighted by Crippen LogP contribution is 2.32. The summed E-state index contributed by atoms with van der Waals surface area (Å²) in [7, 11) is 0. The zero-order valence-corrected chi connectivity index (χ0v) is 7.10. The number of benzene rings is 1. The molecule has 1 N–H and O–H groups in total. The molecule has 0 radical (unpaired) electrons. The normalized spacial score (nSPS) is 14.2. The number of halogens is 4. The van der Waals surface area contributed by atoms with E-state index in [9.17, 15) is 13.2 Å². The van der Waals surface area contributed by atoms with Crippen LogP contribution in [0.5, 0.6) is 0 Å². The molecule has 0 saturated carbocycles. The molecular formula is C8H6ClF3O. The van der Waals surface area contributed by atoms with Crippen LogP contribution in [0.2, 0.25) is 5.02 Å². The first-order chi connectivity index (χ1) is 5.91. The van der Waals surface area contributed by atoms with Gasteiger partial charge in [-0.2, -0.15) is 13.2 Å². The second-order valence-electron chi connectivity index (χ2n) is 2.50. The number of hydrogen-bond donors (Lipinski definition) is 1. The molecule has 1 nitrogen and oxygen atoms in total. The van der Waals surface area contributed by atoms with Gasteiger partial charge in [0.15, 0.2) is 6.10 Å². The fourth-order valence-electron chi connectivity index (χ4n) is 0.866. The van der Waals surface area contributed by atoms with Crippen LogP contribution in [0.3, 0.4) is 0 Å². The summed E-state index contributed by atoms with van der Waals surface area (Å²) < 4.78 is 35.9. The van der Waals surface area contributed by atoms with Gasteiger partial charge < -0.3 is 5.11 Å². The molecule has 1 aromatic rings. The second-order valence-corrected chi connectivity index (χ2v) is 2.94. The topological polar surface area (TPSA) is 20.2 Å². The van der Waals surface area contributed by atoms with Crippen molar-refractivity contribution in [2.24, 2.45) is 0 Å². The Balaban J connectivity index is 2.96. The zero-order chi connectivity index (χ0) is 10.1. The van der Waals surface area contributed by atoms with Crippen molar-refractivity contribution < 1.29 is 18.3 Å². The number of hydrogen-bond acceptors (Lipinski definition) is 1. The molecule has 5 heteroatoms. The van der Waals surface area contributed by atoms with E-state index in [1.165, 1.54) is 18.2 Å². The van der Waals surface area contributed by atoms with E-state index in [1.807, 2.05) is 0 Å². The Hall–Kier alpha value is -0.740. The first kappa shape index (κ1) is 10.3. The maximum absolute atomic E-state index is 12.0. The monoisotopic (exact) mass is 210 g/mol. The minimum absolute atomic E-state index is 0.167. The van der Waals surface area contributed by atoms with Crippen LogP contribution in [0.1, 0.15) is 11.7 Å². The van der Waals surface area contributed by atoms with E-state index in [-0.39, 0.29) is 10.6 Å². The lowest BCUT2D eigenvalue weighted by Gasteiger charge is -2.14. The molecule has 0 aliphatic rings. The van der Waals surface area contributed by atoms with Gasteiger partial charge in [-0.05, 0) is 17.7 Å². The highest BCUT2D eigenvalue weighted by Gasteiger charge is 2.39. The summed E-state index contributed by atoms with van der Waals surface area (Å²) in [4.78, 5) is 0. The third kappa shape index (κ3) is 2.60. The molecule has 0 aliphatic carbocycles. The van der Waals surface area contributed by atoms with Crippen LogP contribution in [-0.4, -0.2) is 11.3 Å². The minimum Gasteiger partial charge on any atom is -0.379 e. The summed E-state index contributed by atoms with van der Waals surface area (Å²) in [5, 5.41) is 8.97. The van der Waals surface area contributed by atoms with E-state index in [2.05, 4.69) is 0 Å². The van der Waals surface area contributed by atoms with Gasteiger partial charge in [0.2, 0.25) is 0 Å². The maximum Gasteiger partial charge on any atom is 0.418 e. The van der Waals surface area contributed by atoms with E-state index in [4.69, 9.17) is 16.7 Å². The molecule has 0 unspecified atom stereocenters. The van der Waals surface area contributed by atoms with Gasteiger partial charge in [0, 0.05) is 5.02 Å². The van der Waals surface area contributed by atoms with Crippen molar-refractivity contribution in [3.8, 4) is 0 Å². The average molecular weight is 211 g/mol. The predicted octanol–water partition coefficient (Wildman–Crippen LogP) is 2.94. The summed E-state index contributed by atoms with van der Waals surface area (Å²) in [5.74, 6) is 0. The van der Waals surface area contributed by atoms with Crippen LogP contribution in [0.15, 0.2) is 24.3 Å². The Kier molecular flexibility index (Phi) is 2.83. The Morgan fingerprint density at radius 1 is 1.31 bits per heavy atom. The fraction of sp³-hybridized carbons (Fsp3) is 0.250. The molecule has 0 spiro atoms. The van der Waals surface area contributed by atoms with Crippen LogP contribution < -0.4 is 0 Å². The lowest BCUT2D eigenvalue weighted by Crippen LogP contribution is -2.19. The second kappa shape index (κ2) is 3.55. The summed E-state index contributed by atoms with van der Waals surface area (Å²) in [5.41, 5.74) is -0.250. The van der Waals surface area contributed by atoms with Crippen molar-refractivity contribution in [3.05, 3.63) is 34.9 Å². The number of rotatable bonds is 1. The first-order valence-electron chi connectivity index (χ1n) is 3.41. The molecule has 0 bridgehead atoms. The third-order valence-corrected chi connectivity index (χ3v) is 1.71. The predicted molar refractivity (Wildman–Crippen MR) is 42.5 cm³/mol. The lowest BCUT2D eigenvalue weighted by atomic mass is 10.1. The summed E-state index contributed by atoms with van der Waals surface area (Å²) in [6.45, 7) is 0. The van der Waals surface area contributed by atoms with Gasteiger partial charge in [-0.1, -0.05) is 23.7 Å². The lowest BCUT2D eigenvalue weighted by molar-refractivity contribution is -0.206. The van der Waals surface area contributed by atoms with E-state index in [1.54, 1.807) is 0 Å². The van der Waals surface area contributed by atoms with Crippen molar-refractivity contribution in [3.63, 3.8) is 0 Å². The van der Waals surface area contributed by atoms with Gasteiger partial charge in [0.05, 0.1) is 0 Å². The van der Waals surface area contributed by atoms with Gasteiger partial charge in [-0.25, -0.2) is 0 Å². The van der Waals surface area contributed by atoms with Gasteiger partial charge in [-0.15, -0.1) is 0 Å². The molecule has 0 aromatic heterocycles. The van der Waals surface area contributed by atoms with Gasteiger partial charge in [0.1, 0.15) is 0 Å². The van der Waals surface area contributed by atoms with E-state index < -0.39 is 12.3 Å². The molecular weight excluding hydrogens is 205 g/mol. The molecule has 0 heterocycles. The molecule has 1 rings (SSSR count). The highest BCUT2D eigenvalue weighted by molar-refractivity contribution is 6.30. The standard InChI is InChI=1S/C8H6ClF3O/c9-6-3-1-2-5(4-6)7(13)8(10,11)12/h1-4,7,13H/t7-/m1/s1. The fourth-order valence-corrected chi connectivity index (χ4v) is 1.06. The largest absolute Gasteiger partial charge is 0.418 e. The van der Waals surface area contributed by atoms with Gasteiger partial charge >= 0.3 is 6.18 Å². The molecule has 0 saturated heterocycles. The van der Waals surface area contributed by atoms with Crippen molar-refractivity contribution in [2.45, 2.75) is 12.3 Å². The molecule has 72 valence electrons. The van der Waals surface area contributed by atoms with Crippen LogP contribution in [0.25, 0.3) is 0 Å². The molecule has 1 atom stereocenters. The zero-order valence-electron chi connectivity index (χ0n) is 6.35. The Bertz CT molecular complexity index is 298. The van der Waals surface area contributed by atoms with Gasteiger partial charge in [0.25, 0.3) is 0 Å². The van der Waals surface area contributed by atoms with Crippen molar-refractivity contribution >= 4 is 11.6 Å². The Morgan fingerprint density at radius 2 is 1.92 bits per heavy atom. The first-order valence-corrected chi connectivity index (χ1v) is 3.79. The summed E-state index contributed by atoms with van der Waals surface area (Å²) in [6.07, 6.45) is -7.11. The van der Waals surface area contributed by atoms with E-state index in [0.29, 0.717) is 0 Å². The Morgan fingerprint density at radius 3 is 2.38 bits per heavy atom. The summed E-state index contributed by atoms with van der Waals surface area (Å²) in [6, 6.07) is 5.05. The highest BCUT2D eigenvalue weighted by atomic mass is 35.5. The third-order valence-electron chi connectivity index (χ3n) is 1.47. The maximum atomic E-state index is 12.0. The minimum atomic E-state index is -4.65. The molecule has 0 fully saturated rings. The number of aliphatic hydroxyl groups excluding tert-OH is 1. The molecule has 0 amide bonds. The van der Waals surface area contributed by atoms with Crippen molar-refractivity contribution in [1.82, 2.24) is 0 Å². The SMILES string of the molecule is O[C@H](c1cccc(Cl)c1)C(F)(F)F. The van der Waals surface area contributed by atoms with Gasteiger partial charge in [-0.3, -0.25) is 0 Å². The number of aliphatic hydroxyl groups is 1. The van der Waals surface area contributed by atoms with Crippen LogP contribution >= 0.6 is 11.6 Å². The van der Waals surface area contributed by atoms with Crippen molar-refractivity contribution in [2.75, 3.05) is 0 Å². The Labute approximate surface area is 77.8 Å². The molecule has 0 aliphatic heterocycles. The molecule has 13 heavy (non-hydrogen) atoms. The summed E-state index contributed by atoms with van der Waals surface area (Å²) >= 11 is 5.46. The average Bonchev–Trinajstić information content (AvgIpc) is 2.01. The van der Waals surface area contributed by atoms with Crippen LogP contribution in [0.4, 0.5) is 13.2 Å². The van der Waals surface area contributed by atoms with E-state index >= 15 is 0 Å². The van der Waals surface area contributed by atoms with E-state index in [0.717, 1.165) is 6.07 Å². The molecule has 1 aromatic carbocycles. The van der Waals surface area contributed by atoms with Crippen LogP contribution in [-0.2, 0) is 0 Å². The van der Waals surface area contributed by atoms with Crippen LogP contribution in [0, 0.1) is 0 Å².